The van der Waals surface area contributed by atoms with Crippen LogP contribution in [0.1, 0.15) is 99.3 Å². The van der Waals surface area contributed by atoms with E-state index in [4.69, 9.17) is 0 Å². The third-order valence-corrected chi connectivity index (χ3v) is 8.59. The molecule has 0 nitrogen and oxygen atoms in total. The quantitative estimate of drug-likeness (QED) is 0.424. The van der Waals surface area contributed by atoms with E-state index in [1.165, 1.54) is 57.8 Å². The molecule has 0 heterocycles. The van der Waals surface area contributed by atoms with E-state index in [2.05, 4.69) is 39.8 Å². The normalized spacial score (nSPS) is 45.7. The molecular weight excluding hydrogens is 300 g/mol. The lowest BCUT2D eigenvalue weighted by molar-refractivity contribution is 0.0354. The molecule has 0 bridgehead atoms. The largest absolute Gasteiger partial charge is 0.0845 e. The van der Waals surface area contributed by atoms with Crippen molar-refractivity contribution in [3.05, 3.63) is 23.3 Å². The van der Waals surface area contributed by atoms with Crippen LogP contribution in [0.5, 0.6) is 0 Å². The third kappa shape index (κ3) is 3.17. The van der Waals surface area contributed by atoms with Gasteiger partial charge in [-0.3, -0.25) is 0 Å². The molecule has 2 saturated carbocycles. The maximum absolute atomic E-state index is 2.73. The van der Waals surface area contributed by atoms with Crippen molar-refractivity contribution in [3.8, 4) is 0 Å². The maximum atomic E-state index is 2.73. The summed E-state index contributed by atoms with van der Waals surface area (Å²) in [7, 11) is 0. The van der Waals surface area contributed by atoms with Crippen LogP contribution < -0.4 is 0 Å². The van der Waals surface area contributed by atoms with Gasteiger partial charge in [0, 0.05) is 0 Å². The first-order valence-corrected chi connectivity index (χ1v) is 11.4. The van der Waals surface area contributed by atoms with Crippen LogP contribution >= 0.6 is 0 Å². The SMILES string of the molecule is CC.CCC1=CCC2[C@H]3CC=C4C[C@@H](C)CCC4(C)CC3CCC12C. The fraction of sp³-hybridized carbons (Fsp3) is 0.840. The van der Waals surface area contributed by atoms with Gasteiger partial charge in [-0.25, -0.2) is 0 Å². The van der Waals surface area contributed by atoms with Crippen LogP contribution in [0, 0.1) is 34.5 Å². The van der Waals surface area contributed by atoms with E-state index in [1.54, 1.807) is 5.57 Å². The zero-order valence-electron chi connectivity index (χ0n) is 17.8. The minimum Gasteiger partial charge on any atom is -0.0845 e. The van der Waals surface area contributed by atoms with Gasteiger partial charge in [-0.05, 0) is 92.3 Å². The van der Waals surface area contributed by atoms with E-state index >= 15 is 0 Å². The topological polar surface area (TPSA) is 0 Å². The molecule has 4 rings (SSSR count). The Morgan fingerprint density at radius 2 is 1.80 bits per heavy atom. The van der Waals surface area contributed by atoms with Gasteiger partial charge in [-0.2, -0.15) is 0 Å². The van der Waals surface area contributed by atoms with E-state index in [0.717, 1.165) is 23.7 Å². The molecule has 0 heteroatoms. The summed E-state index contributed by atoms with van der Waals surface area (Å²) in [5, 5.41) is 0. The van der Waals surface area contributed by atoms with Crippen molar-refractivity contribution in [2.45, 2.75) is 99.3 Å². The summed E-state index contributed by atoms with van der Waals surface area (Å²) in [6, 6.07) is 0. The van der Waals surface area contributed by atoms with Crippen molar-refractivity contribution < 1.29 is 0 Å². The van der Waals surface area contributed by atoms with Crippen LogP contribution in [0.3, 0.4) is 0 Å². The zero-order valence-corrected chi connectivity index (χ0v) is 17.8. The van der Waals surface area contributed by atoms with Crippen molar-refractivity contribution >= 4 is 0 Å². The van der Waals surface area contributed by atoms with Crippen LogP contribution in [0.4, 0.5) is 0 Å². The van der Waals surface area contributed by atoms with Gasteiger partial charge >= 0.3 is 0 Å². The molecule has 4 aliphatic carbocycles. The lowest BCUT2D eigenvalue weighted by atomic mass is 9.55. The van der Waals surface area contributed by atoms with Crippen molar-refractivity contribution in [1.29, 1.82) is 0 Å². The lowest BCUT2D eigenvalue weighted by Gasteiger charge is -2.49. The average Bonchev–Trinajstić information content (AvgIpc) is 2.87. The molecule has 0 saturated heterocycles. The number of hydrogen-bond acceptors (Lipinski definition) is 0. The summed E-state index contributed by atoms with van der Waals surface area (Å²) in [5.41, 5.74) is 4.71. The highest BCUT2D eigenvalue weighted by atomic mass is 14.6. The predicted octanol–water partition coefficient (Wildman–Crippen LogP) is 7.95. The summed E-state index contributed by atoms with van der Waals surface area (Å²) in [5.74, 6) is 3.80. The molecule has 25 heavy (non-hydrogen) atoms. The molecule has 0 radical (unpaired) electrons. The van der Waals surface area contributed by atoms with E-state index < -0.39 is 0 Å². The molecule has 0 N–H and O–H groups in total. The smallest absolute Gasteiger partial charge is 0.00823 e. The van der Waals surface area contributed by atoms with Crippen LogP contribution in [0.2, 0.25) is 0 Å². The van der Waals surface area contributed by atoms with Crippen LogP contribution in [-0.4, -0.2) is 0 Å². The summed E-state index contributed by atoms with van der Waals surface area (Å²) in [6.07, 6.45) is 18.1. The Balaban J connectivity index is 0.000000880. The van der Waals surface area contributed by atoms with Crippen LogP contribution in [0.15, 0.2) is 23.3 Å². The first kappa shape index (κ1) is 19.2. The van der Waals surface area contributed by atoms with Crippen molar-refractivity contribution in [1.82, 2.24) is 0 Å². The molecule has 6 atom stereocenters. The van der Waals surface area contributed by atoms with Crippen LogP contribution in [-0.2, 0) is 0 Å². The van der Waals surface area contributed by atoms with Gasteiger partial charge in [0.15, 0.2) is 0 Å². The van der Waals surface area contributed by atoms with Crippen molar-refractivity contribution in [2.24, 2.45) is 34.5 Å². The van der Waals surface area contributed by atoms with E-state index in [1.807, 2.05) is 19.4 Å². The van der Waals surface area contributed by atoms with E-state index in [9.17, 15) is 0 Å². The molecule has 0 aromatic carbocycles. The molecule has 0 aliphatic heterocycles. The number of hydrogen-bond donors (Lipinski definition) is 0. The maximum Gasteiger partial charge on any atom is -0.00823 e. The first-order valence-electron chi connectivity index (χ1n) is 11.4. The molecule has 142 valence electrons. The predicted molar refractivity (Wildman–Crippen MR) is 111 cm³/mol. The highest BCUT2D eigenvalue weighted by Crippen LogP contribution is 2.62. The fourth-order valence-electron chi connectivity index (χ4n) is 7.05. The van der Waals surface area contributed by atoms with Gasteiger partial charge in [-0.1, -0.05) is 64.8 Å². The third-order valence-electron chi connectivity index (χ3n) is 8.59. The summed E-state index contributed by atoms with van der Waals surface area (Å²) < 4.78 is 0. The van der Waals surface area contributed by atoms with E-state index in [-0.39, 0.29) is 0 Å². The van der Waals surface area contributed by atoms with Gasteiger partial charge < -0.3 is 0 Å². The zero-order chi connectivity index (χ0) is 18.2. The monoisotopic (exact) mass is 342 g/mol. The molecule has 4 unspecified atom stereocenters. The molecule has 0 aromatic heterocycles. The van der Waals surface area contributed by atoms with Gasteiger partial charge in [-0.15, -0.1) is 0 Å². The Kier molecular flexibility index (Phi) is 5.57. The minimum absolute atomic E-state index is 0.540. The molecule has 0 amide bonds. The van der Waals surface area contributed by atoms with Gasteiger partial charge in [0.2, 0.25) is 0 Å². The number of rotatable bonds is 1. The molecule has 4 aliphatic rings. The van der Waals surface area contributed by atoms with Gasteiger partial charge in [0.25, 0.3) is 0 Å². The Morgan fingerprint density at radius 1 is 1.04 bits per heavy atom. The highest BCUT2D eigenvalue weighted by molar-refractivity contribution is 5.27. The highest BCUT2D eigenvalue weighted by Gasteiger charge is 2.51. The summed E-state index contributed by atoms with van der Waals surface area (Å²) in [4.78, 5) is 0. The first-order chi connectivity index (χ1) is 12.0. The van der Waals surface area contributed by atoms with E-state index in [0.29, 0.717) is 10.8 Å². The number of fused-ring (bicyclic) bond motifs is 4. The molecule has 2 fully saturated rings. The second kappa shape index (κ2) is 7.24. The Bertz CT molecular complexity index is 538. The number of allylic oxidation sites excluding steroid dienone is 4. The Morgan fingerprint density at radius 3 is 2.52 bits per heavy atom. The molecule has 0 spiro atoms. The van der Waals surface area contributed by atoms with Crippen molar-refractivity contribution in [2.75, 3.05) is 0 Å². The molecule has 0 aromatic rings. The minimum atomic E-state index is 0.540. The van der Waals surface area contributed by atoms with Gasteiger partial charge in [0.05, 0.1) is 0 Å². The average molecular weight is 343 g/mol. The van der Waals surface area contributed by atoms with Crippen LogP contribution in [0.25, 0.3) is 0 Å². The second-order valence-electron chi connectivity index (χ2n) is 9.88. The Labute approximate surface area is 157 Å². The second-order valence-corrected chi connectivity index (χ2v) is 9.88. The van der Waals surface area contributed by atoms with Crippen molar-refractivity contribution in [3.63, 3.8) is 0 Å². The molecular formula is C25H42. The summed E-state index contributed by atoms with van der Waals surface area (Å²) in [6.45, 7) is 14.0. The Hall–Kier alpha value is -0.520. The van der Waals surface area contributed by atoms with Gasteiger partial charge in [0.1, 0.15) is 0 Å². The standard InChI is InChI=1S/C23H36.C2H6/c1-5-18-7-9-21-20-8-6-19-14-16(2)10-12-22(19,3)15-17(20)11-13-23(18,21)4;1-2/h6-7,16-17,20-21H,5,8-15H2,1-4H3;1-2H3/t16-,17?,20-,21?,22?,23?;/m0./s1. The fourth-order valence-corrected chi connectivity index (χ4v) is 7.05. The lowest BCUT2D eigenvalue weighted by Crippen LogP contribution is -2.41. The summed E-state index contributed by atoms with van der Waals surface area (Å²) >= 11 is 0.